The van der Waals surface area contributed by atoms with Gasteiger partial charge in [0.25, 0.3) is 0 Å². The largest absolute Gasteiger partial charge is 1.00 e. The Morgan fingerprint density at radius 1 is 0.808 bits per heavy atom. The summed E-state index contributed by atoms with van der Waals surface area (Å²) in [6.07, 6.45) is -0.0474. The van der Waals surface area contributed by atoms with Gasteiger partial charge in [-0.3, -0.25) is 0 Å². The van der Waals surface area contributed by atoms with Gasteiger partial charge in [-0.15, -0.1) is 0 Å². The van der Waals surface area contributed by atoms with Crippen LogP contribution in [0.2, 0.25) is 0 Å². The summed E-state index contributed by atoms with van der Waals surface area (Å²) in [4.78, 5) is 11.1. The van der Waals surface area contributed by atoms with E-state index in [-0.39, 0.29) is 41.9 Å². The van der Waals surface area contributed by atoms with Crippen molar-refractivity contribution in [1.29, 1.82) is 0 Å². The van der Waals surface area contributed by atoms with Crippen LogP contribution in [0.25, 0.3) is 0 Å². The predicted molar refractivity (Wildman–Crippen MR) is 95.1 cm³/mol. The fourth-order valence-corrected chi connectivity index (χ4v) is 2.82. The second kappa shape index (κ2) is 10.2. The van der Waals surface area contributed by atoms with Crippen molar-refractivity contribution < 1.29 is 44.2 Å². The van der Waals surface area contributed by atoms with Crippen molar-refractivity contribution in [3.05, 3.63) is 102 Å². The molecule has 126 valence electrons. The number of hydrogen-bond donors (Lipinski definition) is 0. The van der Waals surface area contributed by atoms with Crippen molar-refractivity contribution in [2.24, 2.45) is 0 Å². The maximum Gasteiger partial charge on any atom is 1.00 e. The van der Waals surface area contributed by atoms with Crippen molar-refractivity contribution in [1.82, 2.24) is 0 Å². The van der Waals surface area contributed by atoms with E-state index in [0.29, 0.717) is 6.61 Å². The van der Waals surface area contributed by atoms with E-state index in [1.807, 2.05) is 84.9 Å². The summed E-state index contributed by atoms with van der Waals surface area (Å²) in [5.41, 5.74) is 3.00. The van der Waals surface area contributed by atoms with Crippen molar-refractivity contribution in [2.45, 2.75) is 18.9 Å². The fraction of sp³-hybridized carbons (Fsp3) is 0.136. The molecule has 0 aromatic heterocycles. The molecule has 3 nitrogen and oxygen atoms in total. The van der Waals surface area contributed by atoms with E-state index in [1.54, 1.807) is 0 Å². The normalized spacial score (nSPS) is 11.2. The Labute approximate surface area is 175 Å². The molecule has 0 N–H and O–H groups in total. The van der Waals surface area contributed by atoms with E-state index < -0.39 is 5.97 Å². The first kappa shape index (κ1) is 20.2. The molecular weight excluding hydrogens is 335 g/mol. The molecule has 0 amide bonds. The molecule has 0 heterocycles. The number of hydrogen-bond acceptors (Lipinski definition) is 3. The van der Waals surface area contributed by atoms with Gasteiger partial charge in [-0.05, 0) is 35.2 Å². The average molecular weight is 354 g/mol. The minimum atomic E-state index is -1.06. The molecule has 4 heteroatoms. The van der Waals surface area contributed by atoms with Crippen LogP contribution in [-0.2, 0) is 11.4 Å². The van der Waals surface area contributed by atoms with Gasteiger partial charge >= 0.3 is 29.6 Å². The zero-order valence-electron chi connectivity index (χ0n) is 14.8. The summed E-state index contributed by atoms with van der Waals surface area (Å²) in [6.45, 7) is 0.501. The van der Waals surface area contributed by atoms with Crippen LogP contribution in [-0.4, -0.2) is 5.97 Å². The van der Waals surface area contributed by atoms with Gasteiger partial charge in [-0.25, -0.2) is 0 Å². The molecule has 0 aliphatic rings. The molecule has 0 bridgehead atoms. The first-order chi connectivity index (χ1) is 12.2. The number of carboxylic acids is 1. The van der Waals surface area contributed by atoms with E-state index in [9.17, 15) is 9.90 Å². The van der Waals surface area contributed by atoms with Gasteiger partial charge in [0.1, 0.15) is 12.4 Å². The third-order valence-corrected chi connectivity index (χ3v) is 4.10. The summed E-state index contributed by atoms with van der Waals surface area (Å²) in [6, 6.07) is 27.2. The molecule has 3 aromatic rings. The van der Waals surface area contributed by atoms with Gasteiger partial charge in [-0.1, -0.05) is 72.8 Å². The zero-order valence-corrected chi connectivity index (χ0v) is 16.8. The molecular formula is C22H19NaO3. The molecule has 0 aliphatic carbocycles. The van der Waals surface area contributed by atoms with Gasteiger partial charge in [0, 0.05) is 11.9 Å². The topological polar surface area (TPSA) is 49.4 Å². The van der Waals surface area contributed by atoms with E-state index in [1.165, 1.54) is 0 Å². The van der Waals surface area contributed by atoms with Crippen LogP contribution >= 0.6 is 0 Å². The Morgan fingerprint density at radius 2 is 1.35 bits per heavy atom. The summed E-state index contributed by atoms with van der Waals surface area (Å²) >= 11 is 0. The van der Waals surface area contributed by atoms with E-state index >= 15 is 0 Å². The Kier molecular flexibility index (Phi) is 7.92. The van der Waals surface area contributed by atoms with Crippen LogP contribution < -0.4 is 39.4 Å². The fourth-order valence-electron chi connectivity index (χ4n) is 2.82. The van der Waals surface area contributed by atoms with Gasteiger partial charge in [0.15, 0.2) is 0 Å². The van der Waals surface area contributed by atoms with Crippen LogP contribution in [0.1, 0.15) is 29.0 Å². The molecule has 0 spiro atoms. The average Bonchev–Trinajstić information content (AvgIpc) is 2.66. The Morgan fingerprint density at radius 3 is 1.92 bits per heavy atom. The number of benzene rings is 3. The number of aliphatic carboxylic acids is 1. The third kappa shape index (κ3) is 5.73. The molecule has 0 saturated carbocycles. The van der Waals surface area contributed by atoms with E-state index in [2.05, 4.69) is 0 Å². The molecule has 3 aromatic carbocycles. The summed E-state index contributed by atoms with van der Waals surface area (Å²) in [5, 5.41) is 11.1. The minimum absolute atomic E-state index is 0. The van der Waals surface area contributed by atoms with Crippen molar-refractivity contribution >= 4 is 5.97 Å². The number of rotatable bonds is 7. The standard InChI is InChI=1S/C22H20O3.Na/c23-22(24)15-21(18-9-5-2-6-10-18)19-11-13-20(14-12-19)25-16-17-7-3-1-4-8-17;/h1-14,21H,15-16H2,(H,23,24);/q;+1/p-1. The Hall–Kier alpha value is -2.07. The zero-order chi connectivity index (χ0) is 17.5. The van der Waals surface area contributed by atoms with Gasteiger partial charge in [0.2, 0.25) is 0 Å². The molecule has 1 unspecified atom stereocenters. The Balaban J connectivity index is 0.00000243. The van der Waals surface area contributed by atoms with Crippen LogP contribution in [0.15, 0.2) is 84.9 Å². The van der Waals surface area contributed by atoms with Crippen LogP contribution in [0, 0.1) is 0 Å². The van der Waals surface area contributed by atoms with Crippen LogP contribution in [0.5, 0.6) is 5.75 Å². The maximum absolute atomic E-state index is 11.1. The van der Waals surface area contributed by atoms with Gasteiger partial charge in [0.05, 0.1) is 0 Å². The number of carbonyl (C=O) groups is 1. The van der Waals surface area contributed by atoms with Crippen LogP contribution in [0.4, 0.5) is 0 Å². The molecule has 0 radical (unpaired) electrons. The molecule has 0 aliphatic heterocycles. The quantitative estimate of drug-likeness (QED) is 0.582. The van der Waals surface area contributed by atoms with Gasteiger partial charge in [-0.2, -0.15) is 0 Å². The van der Waals surface area contributed by atoms with Crippen molar-refractivity contribution in [2.75, 3.05) is 0 Å². The second-order valence-electron chi connectivity index (χ2n) is 5.88. The first-order valence-corrected chi connectivity index (χ1v) is 8.24. The van der Waals surface area contributed by atoms with Crippen LogP contribution in [0.3, 0.4) is 0 Å². The SMILES string of the molecule is O=C([O-])CC(c1ccccc1)c1ccc(OCc2ccccc2)cc1.[Na+]. The smallest absolute Gasteiger partial charge is 0.550 e. The van der Waals surface area contributed by atoms with E-state index in [0.717, 1.165) is 22.4 Å². The number of ether oxygens (including phenoxy) is 1. The minimum Gasteiger partial charge on any atom is -0.550 e. The molecule has 0 saturated heterocycles. The van der Waals surface area contributed by atoms with Crippen molar-refractivity contribution in [3.63, 3.8) is 0 Å². The van der Waals surface area contributed by atoms with Gasteiger partial charge < -0.3 is 14.6 Å². The maximum atomic E-state index is 11.1. The molecule has 1 atom stereocenters. The predicted octanol–water partition coefficient (Wildman–Crippen LogP) is 0.541. The second-order valence-corrected chi connectivity index (χ2v) is 5.88. The number of carbonyl (C=O) groups excluding carboxylic acids is 1. The summed E-state index contributed by atoms with van der Waals surface area (Å²) < 4.78 is 5.78. The van der Waals surface area contributed by atoms with E-state index in [4.69, 9.17) is 4.74 Å². The number of carboxylic acid groups (broad SMARTS) is 1. The molecule has 26 heavy (non-hydrogen) atoms. The first-order valence-electron chi connectivity index (χ1n) is 8.24. The summed E-state index contributed by atoms with van der Waals surface area (Å²) in [7, 11) is 0. The molecule has 0 fully saturated rings. The third-order valence-electron chi connectivity index (χ3n) is 4.10. The molecule has 3 rings (SSSR count). The van der Waals surface area contributed by atoms with Crippen molar-refractivity contribution in [3.8, 4) is 5.75 Å². The summed E-state index contributed by atoms with van der Waals surface area (Å²) in [5.74, 6) is -0.527. The Bertz CT molecular complexity index is 802. The monoisotopic (exact) mass is 354 g/mol.